The van der Waals surface area contributed by atoms with Gasteiger partial charge in [0.2, 0.25) is 0 Å². The first-order valence-corrected chi connectivity index (χ1v) is 7.02. The second kappa shape index (κ2) is 6.33. The summed E-state index contributed by atoms with van der Waals surface area (Å²) in [6.45, 7) is 2.75. The zero-order valence-corrected chi connectivity index (χ0v) is 12.1. The van der Waals surface area contributed by atoms with Gasteiger partial charge in [-0.05, 0) is 48.0 Å². The summed E-state index contributed by atoms with van der Waals surface area (Å²) in [6.07, 6.45) is 2.36. The number of rotatable bonds is 4. The van der Waals surface area contributed by atoms with E-state index in [2.05, 4.69) is 27.9 Å². The van der Waals surface area contributed by atoms with Crippen molar-refractivity contribution in [1.82, 2.24) is 5.32 Å². The Labute approximate surface area is 119 Å². The molecule has 0 amide bonds. The van der Waals surface area contributed by atoms with Crippen LogP contribution in [0.2, 0.25) is 0 Å². The summed E-state index contributed by atoms with van der Waals surface area (Å²) in [7, 11) is 0. The smallest absolute Gasteiger partial charge is 0.270 e. The normalized spacial score (nSPS) is 19.5. The molecule has 1 heterocycles. The van der Waals surface area contributed by atoms with Gasteiger partial charge in [-0.2, -0.15) is 0 Å². The van der Waals surface area contributed by atoms with E-state index in [0.29, 0.717) is 12.5 Å². The largest absolute Gasteiger partial charge is 0.492 e. The molecule has 6 heteroatoms. The van der Waals surface area contributed by atoms with Gasteiger partial charge < -0.3 is 10.1 Å². The number of benzene rings is 1. The molecule has 1 atom stereocenters. The van der Waals surface area contributed by atoms with E-state index in [1.165, 1.54) is 25.0 Å². The van der Waals surface area contributed by atoms with Gasteiger partial charge in [0.05, 0.1) is 15.1 Å². The molecule has 1 aromatic carbocycles. The fraction of sp³-hybridized carbons (Fsp3) is 0.500. The molecule has 1 saturated heterocycles. The molecule has 2 rings (SSSR count). The third-order valence-electron chi connectivity index (χ3n) is 3.00. The SMILES string of the molecule is O=[N+]([O-])c1ccc(OCC2CCCNC2)c(I)c1. The van der Waals surface area contributed by atoms with E-state index < -0.39 is 4.92 Å². The van der Waals surface area contributed by atoms with Crippen molar-refractivity contribution in [1.29, 1.82) is 0 Å². The van der Waals surface area contributed by atoms with Crippen LogP contribution in [0.4, 0.5) is 5.69 Å². The standard InChI is InChI=1S/C12H15IN2O3/c13-11-6-10(15(16)17)3-4-12(11)18-8-9-2-1-5-14-7-9/h3-4,6,9,14H,1-2,5,7-8H2. The van der Waals surface area contributed by atoms with E-state index in [0.717, 1.165) is 22.4 Å². The Bertz CT molecular complexity index is 433. The first-order chi connectivity index (χ1) is 8.66. The third kappa shape index (κ3) is 3.55. The summed E-state index contributed by atoms with van der Waals surface area (Å²) < 4.78 is 6.52. The average Bonchev–Trinajstić information content (AvgIpc) is 2.38. The van der Waals surface area contributed by atoms with Crippen LogP contribution >= 0.6 is 22.6 Å². The summed E-state index contributed by atoms with van der Waals surface area (Å²) in [6, 6.07) is 4.70. The quantitative estimate of drug-likeness (QED) is 0.508. The number of halogens is 1. The highest BCUT2D eigenvalue weighted by atomic mass is 127. The lowest BCUT2D eigenvalue weighted by Gasteiger charge is -2.23. The number of nitrogens with one attached hydrogen (secondary N) is 1. The Kier molecular flexibility index (Phi) is 4.76. The minimum atomic E-state index is -0.392. The second-order valence-electron chi connectivity index (χ2n) is 4.40. The van der Waals surface area contributed by atoms with Gasteiger partial charge in [-0.3, -0.25) is 10.1 Å². The maximum Gasteiger partial charge on any atom is 0.270 e. The molecule has 1 aromatic rings. The number of nitrogens with zero attached hydrogens (tertiary/aromatic N) is 1. The van der Waals surface area contributed by atoms with Crippen molar-refractivity contribution in [3.63, 3.8) is 0 Å². The molecule has 0 aliphatic carbocycles. The van der Waals surface area contributed by atoms with Crippen molar-refractivity contribution < 1.29 is 9.66 Å². The molecular formula is C12H15IN2O3. The zero-order valence-electron chi connectivity index (χ0n) is 9.89. The van der Waals surface area contributed by atoms with Crippen LogP contribution in [0.1, 0.15) is 12.8 Å². The molecule has 18 heavy (non-hydrogen) atoms. The number of nitro benzene ring substituents is 1. The number of nitro groups is 1. The minimum Gasteiger partial charge on any atom is -0.492 e. The topological polar surface area (TPSA) is 64.4 Å². The molecule has 0 spiro atoms. The number of hydrogen-bond acceptors (Lipinski definition) is 4. The molecular weight excluding hydrogens is 347 g/mol. The van der Waals surface area contributed by atoms with Crippen LogP contribution in [0.25, 0.3) is 0 Å². The Hall–Kier alpha value is -0.890. The number of non-ortho nitro benzene ring substituents is 1. The first-order valence-electron chi connectivity index (χ1n) is 5.94. The summed E-state index contributed by atoms with van der Waals surface area (Å²) in [5.74, 6) is 1.26. The van der Waals surface area contributed by atoms with Gasteiger partial charge in [0.1, 0.15) is 5.75 Å². The fourth-order valence-electron chi connectivity index (χ4n) is 1.99. The van der Waals surface area contributed by atoms with Gasteiger partial charge >= 0.3 is 0 Å². The van der Waals surface area contributed by atoms with Crippen molar-refractivity contribution in [3.05, 3.63) is 31.9 Å². The van der Waals surface area contributed by atoms with Crippen LogP contribution in [-0.4, -0.2) is 24.6 Å². The van der Waals surface area contributed by atoms with E-state index in [1.54, 1.807) is 6.07 Å². The molecule has 0 saturated carbocycles. The molecule has 1 aliphatic heterocycles. The summed E-state index contributed by atoms with van der Waals surface area (Å²) in [5.41, 5.74) is 0.103. The van der Waals surface area contributed by atoms with Crippen molar-refractivity contribution in [3.8, 4) is 5.75 Å². The van der Waals surface area contributed by atoms with Gasteiger partial charge in [0.25, 0.3) is 5.69 Å². The fourth-order valence-corrected chi connectivity index (χ4v) is 2.65. The van der Waals surface area contributed by atoms with Crippen molar-refractivity contribution in [2.45, 2.75) is 12.8 Å². The van der Waals surface area contributed by atoms with E-state index in [9.17, 15) is 10.1 Å². The molecule has 0 aromatic heterocycles. The Morgan fingerprint density at radius 3 is 3.00 bits per heavy atom. The Balaban J connectivity index is 1.94. The molecule has 98 valence electrons. The highest BCUT2D eigenvalue weighted by Gasteiger charge is 2.15. The monoisotopic (exact) mass is 362 g/mol. The maximum absolute atomic E-state index is 10.6. The molecule has 1 N–H and O–H groups in total. The van der Waals surface area contributed by atoms with Crippen molar-refractivity contribution in [2.24, 2.45) is 5.92 Å². The number of piperidine rings is 1. The van der Waals surface area contributed by atoms with Crippen LogP contribution < -0.4 is 10.1 Å². The minimum absolute atomic E-state index is 0.103. The lowest BCUT2D eigenvalue weighted by atomic mass is 10.0. The number of ether oxygens (including phenoxy) is 1. The van der Waals surface area contributed by atoms with Crippen molar-refractivity contribution >= 4 is 28.3 Å². The van der Waals surface area contributed by atoms with E-state index in [1.807, 2.05) is 0 Å². The van der Waals surface area contributed by atoms with E-state index in [-0.39, 0.29) is 5.69 Å². The summed E-state index contributed by atoms with van der Waals surface area (Å²) >= 11 is 2.07. The first kappa shape index (κ1) is 13.5. The van der Waals surface area contributed by atoms with E-state index in [4.69, 9.17) is 4.74 Å². The predicted molar refractivity (Wildman–Crippen MR) is 76.9 cm³/mol. The van der Waals surface area contributed by atoms with Crippen LogP contribution in [0.15, 0.2) is 18.2 Å². The molecule has 1 unspecified atom stereocenters. The molecule has 1 fully saturated rings. The van der Waals surface area contributed by atoms with Gasteiger partial charge in [0, 0.05) is 24.6 Å². The summed E-state index contributed by atoms with van der Waals surface area (Å²) in [4.78, 5) is 10.2. The highest BCUT2D eigenvalue weighted by molar-refractivity contribution is 14.1. The van der Waals surface area contributed by atoms with Crippen LogP contribution in [0.3, 0.4) is 0 Å². The van der Waals surface area contributed by atoms with Gasteiger partial charge in [-0.1, -0.05) is 0 Å². The molecule has 5 nitrogen and oxygen atoms in total. The highest BCUT2D eigenvalue weighted by Crippen LogP contribution is 2.26. The third-order valence-corrected chi connectivity index (χ3v) is 3.84. The van der Waals surface area contributed by atoms with Crippen LogP contribution in [-0.2, 0) is 0 Å². The van der Waals surface area contributed by atoms with Gasteiger partial charge in [-0.25, -0.2) is 0 Å². The van der Waals surface area contributed by atoms with Crippen LogP contribution in [0, 0.1) is 19.6 Å². The summed E-state index contributed by atoms with van der Waals surface area (Å²) in [5, 5.41) is 14.0. The molecule has 0 bridgehead atoms. The lowest BCUT2D eigenvalue weighted by molar-refractivity contribution is -0.385. The van der Waals surface area contributed by atoms with Gasteiger partial charge in [-0.15, -0.1) is 0 Å². The van der Waals surface area contributed by atoms with E-state index >= 15 is 0 Å². The maximum atomic E-state index is 10.6. The Morgan fingerprint density at radius 2 is 2.39 bits per heavy atom. The van der Waals surface area contributed by atoms with Crippen LogP contribution in [0.5, 0.6) is 5.75 Å². The Morgan fingerprint density at radius 1 is 1.56 bits per heavy atom. The zero-order chi connectivity index (χ0) is 13.0. The molecule has 0 radical (unpaired) electrons. The van der Waals surface area contributed by atoms with Crippen molar-refractivity contribution in [2.75, 3.05) is 19.7 Å². The molecule has 1 aliphatic rings. The van der Waals surface area contributed by atoms with Gasteiger partial charge in [0.15, 0.2) is 0 Å². The lowest BCUT2D eigenvalue weighted by Crippen LogP contribution is -2.33. The predicted octanol–water partition coefficient (Wildman–Crippen LogP) is 2.58. The second-order valence-corrected chi connectivity index (χ2v) is 5.56. The number of hydrogen-bond donors (Lipinski definition) is 1. The average molecular weight is 362 g/mol.